The van der Waals surface area contributed by atoms with Gasteiger partial charge in [-0.25, -0.2) is 0 Å². The average molecular weight is 166 g/mol. The van der Waals surface area contributed by atoms with Crippen molar-refractivity contribution in [3.8, 4) is 0 Å². The summed E-state index contributed by atoms with van der Waals surface area (Å²) in [6.07, 6.45) is 0. The fourth-order valence-corrected chi connectivity index (χ4v) is 1.22. The van der Waals surface area contributed by atoms with Crippen molar-refractivity contribution in [1.29, 1.82) is 0 Å². The molecule has 0 unspecified atom stereocenters. The number of nitrogens with zero attached hydrogens (tertiary/aromatic N) is 1. The summed E-state index contributed by atoms with van der Waals surface area (Å²) in [5.74, 6) is 1.84. The maximum Gasteiger partial charge on any atom is 0.110 e. The summed E-state index contributed by atoms with van der Waals surface area (Å²) in [6.45, 7) is 5.83. The molecule has 0 spiro atoms. The lowest BCUT2D eigenvalue weighted by Gasteiger charge is -1.96. The second-order valence-corrected chi connectivity index (χ2v) is 2.75. The van der Waals surface area contributed by atoms with Gasteiger partial charge in [-0.1, -0.05) is 0 Å². The van der Waals surface area contributed by atoms with Crippen LogP contribution in [0.2, 0.25) is 0 Å². The van der Waals surface area contributed by atoms with Gasteiger partial charge in [0, 0.05) is 12.6 Å². The van der Waals surface area contributed by atoms with Gasteiger partial charge in [-0.15, -0.1) is 0 Å². The average Bonchev–Trinajstić information content (AvgIpc) is 2.30. The largest absolute Gasteiger partial charge is 0.466 e. The third-order valence-corrected chi connectivity index (χ3v) is 1.71. The molecule has 3 nitrogen and oxygen atoms in total. The van der Waals surface area contributed by atoms with Crippen molar-refractivity contribution >= 4 is 5.71 Å². The Morgan fingerprint density at radius 1 is 1.50 bits per heavy atom. The Morgan fingerprint density at radius 2 is 2.17 bits per heavy atom. The Hall–Kier alpha value is -1.25. The normalized spacial score (nSPS) is 11.8. The topological polar surface area (TPSA) is 37.5 Å². The van der Waals surface area contributed by atoms with Gasteiger partial charge in [-0.05, 0) is 26.8 Å². The molecular formula is C9H14N2O. The van der Waals surface area contributed by atoms with Gasteiger partial charge in [-0.3, -0.25) is 0 Å². The molecule has 66 valence electrons. The van der Waals surface area contributed by atoms with E-state index in [0.717, 1.165) is 22.8 Å². The van der Waals surface area contributed by atoms with E-state index in [1.165, 1.54) is 0 Å². The Balaban J connectivity index is 3.02. The highest BCUT2D eigenvalue weighted by Crippen LogP contribution is 2.14. The maximum atomic E-state index is 5.37. The zero-order valence-corrected chi connectivity index (χ0v) is 7.93. The lowest BCUT2D eigenvalue weighted by molar-refractivity contribution is 0.504. The predicted octanol–water partition coefficient (Wildman–Crippen LogP) is 1.84. The first-order valence-electron chi connectivity index (χ1n) is 3.93. The summed E-state index contributed by atoms with van der Waals surface area (Å²) in [5.41, 5.74) is 4.77. The summed E-state index contributed by atoms with van der Waals surface area (Å²) in [5, 5.41) is 4.08. The van der Waals surface area contributed by atoms with Gasteiger partial charge >= 0.3 is 0 Å². The van der Waals surface area contributed by atoms with Crippen molar-refractivity contribution < 1.29 is 4.42 Å². The Morgan fingerprint density at radius 3 is 2.58 bits per heavy atom. The summed E-state index contributed by atoms with van der Waals surface area (Å²) in [4.78, 5) is 0. The van der Waals surface area contributed by atoms with E-state index in [0.29, 0.717) is 0 Å². The van der Waals surface area contributed by atoms with E-state index < -0.39 is 0 Å². The van der Waals surface area contributed by atoms with E-state index in [-0.39, 0.29) is 0 Å². The fourth-order valence-electron chi connectivity index (χ4n) is 1.22. The van der Waals surface area contributed by atoms with Gasteiger partial charge in [0.15, 0.2) is 0 Å². The third kappa shape index (κ3) is 1.67. The van der Waals surface area contributed by atoms with Crippen LogP contribution in [-0.4, -0.2) is 12.8 Å². The van der Waals surface area contributed by atoms with Gasteiger partial charge < -0.3 is 9.84 Å². The highest BCUT2D eigenvalue weighted by Gasteiger charge is 2.06. The molecule has 0 aromatic carbocycles. The van der Waals surface area contributed by atoms with Crippen molar-refractivity contribution in [2.24, 2.45) is 5.10 Å². The van der Waals surface area contributed by atoms with Crippen LogP contribution in [0.4, 0.5) is 0 Å². The molecule has 0 aliphatic heterocycles. The Kier molecular flexibility index (Phi) is 2.53. The zero-order valence-electron chi connectivity index (χ0n) is 7.93. The smallest absolute Gasteiger partial charge is 0.110 e. The molecule has 0 radical (unpaired) electrons. The van der Waals surface area contributed by atoms with Gasteiger partial charge in [0.25, 0.3) is 0 Å². The molecule has 3 heteroatoms. The van der Waals surface area contributed by atoms with Crippen LogP contribution in [0.25, 0.3) is 0 Å². The second-order valence-electron chi connectivity index (χ2n) is 2.75. The van der Waals surface area contributed by atoms with E-state index in [4.69, 9.17) is 4.42 Å². The molecule has 0 aliphatic rings. The molecule has 0 saturated carbocycles. The zero-order chi connectivity index (χ0) is 9.14. The van der Waals surface area contributed by atoms with E-state index >= 15 is 0 Å². The molecule has 1 aromatic heterocycles. The number of nitrogens with one attached hydrogen (secondary N) is 1. The van der Waals surface area contributed by atoms with E-state index in [9.17, 15) is 0 Å². The molecule has 1 heterocycles. The molecule has 0 fully saturated rings. The van der Waals surface area contributed by atoms with Crippen LogP contribution in [-0.2, 0) is 0 Å². The van der Waals surface area contributed by atoms with Gasteiger partial charge in [-0.2, -0.15) is 5.10 Å². The molecule has 0 atom stereocenters. The van der Waals surface area contributed by atoms with Gasteiger partial charge in [0.1, 0.15) is 11.5 Å². The first-order valence-corrected chi connectivity index (χ1v) is 3.93. The van der Waals surface area contributed by atoms with Crippen molar-refractivity contribution in [2.45, 2.75) is 20.8 Å². The minimum absolute atomic E-state index is 0.920. The first-order chi connectivity index (χ1) is 5.65. The molecule has 0 saturated heterocycles. The molecule has 0 bridgehead atoms. The molecule has 1 aromatic rings. The SMILES string of the molecule is CN/N=C(/C)c1cc(C)oc1C. The number of aryl methyl sites for hydroxylation is 2. The van der Waals surface area contributed by atoms with Gasteiger partial charge in [0.05, 0.1) is 5.71 Å². The Bertz CT molecular complexity index is 299. The summed E-state index contributed by atoms with van der Waals surface area (Å²) in [6, 6.07) is 1.99. The fraction of sp³-hybridized carbons (Fsp3) is 0.444. The second kappa shape index (κ2) is 3.43. The number of furan rings is 1. The number of hydrogen-bond acceptors (Lipinski definition) is 3. The molecule has 0 amide bonds. The first kappa shape index (κ1) is 8.84. The molecular weight excluding hydrogens is 152 g/mol. The highest BCUT2D eigenvalue weighted by atomic mass is 16.3. The lowest BCUT2D eigenvalue weighted by atomic mass is 10.2. The van der Waals surface area contributed by atoms with E-state index in [1.54, 1.807) is 7.05 Å². The lowest BCUT2D eigenvalue weighted by Crippen LogP contribution is -2.03. The van der Waals surface area contributed by atoms with Crippen LogP contribution >= 0.6 is 0 Å². The van der Waals surface area contributed by atoms with Crippen LogP contribution in [0.1, 0.15) is 24.0 Å². The number of hydrazone groups is 1. The van der Waals surface area contributed by atoms with Crippen LogP contribution in [0.5, 0.6) is 0 Å². The van der Waals surface area contributed by atoms with Crippen molar-refractivity contribution in [2.75, 3.05) is 7.05 Å². The van der Waals surface area contributed by atoms with Crippen LogP contribution in [0, 0.1) is 13.8 Å². The van der Waals surface area contributed by atoms with Crippen LogP contribution < -0.4 is 5.43 Å². The van der Waals surface area contributed by atoms with Gasteiger partial charge in [0.2, 0.25) is 0 Å². The van der Waals surface area contributed by atoms with Crippen LogP contribution in [0.3, 0.4) is 0 Å². The monoisotopic (exact) mass is 166 g/mol. The minimum Gasteiger partial charge on any atom is -0.466 e. The Labute approximate surface area is 72.5 Å². The summed E-state index contributed by atoms with van der Waals surface area (Å²) < 4.78 is 5.37. The van der Waals surface area contributed by atoms with Crippen LogP contribution in [0.15, 0.2) is 15.6 Å². The van der Waals surface area contributed by atoms with E-state index in [2.05, 4.69) is 10.5 Å². The summed E-state index contributed by atoms with van der Waals surface area (Å²) in [7, 11) is 1.78. The highest BCUT2D eigenvalue weighted by molar-refractivity contribution is 5.99. The number of hydrogen-bond donors (Lipinski definition) is 1. The molecule has 0 aliphatic carbocycles. The maximum absolute atomic E-state index is 5.37. The molecule has 1 N–H and O–H groups in total. The third-order valence-electron chi connectivity index (χ3n) is 1.71. The summed E-state index contributed by atoms with van der Waals surface area (Å²) >= 11 is 0. The minimum atomic E-state index is 0.920. The quantitative estimate of drug-likeness (QED) is 0.537. The predicted molar refractivity (Wildman–Crippen MR) is 49.5 cm³/mol. The molecule has 12 heavy (non-hydrogen) atoms. The number of rotatable bonds is 2. The van der Waals surface area contributed by atoms with E-state index in [1.807, 2.05) is 26.8 Å². The van der Waals surface area contributed by atoms with Crippen molar-refractivity contribution in [1.82, 2.24) is 5.43 Å². The van der Waals surface area contributed by atoms with Crippen molar-refractivity contribution in [3.63, 3.8) is 0 Å². The molecule has 1 rings (SSSR count). The van der Waals surface area contributed by atoms with Crippen molar-refractivity contribution in [3.05, 3.63) is 23.2 Å². The standard InChI is InChI=1S/C9H14N2O/c1-6-5-9(8(3)12-6)7(2)11-10-4/h5,10H,1-4H3/b11-7-.